The highest BCUT2D eigenvalue weighted by molar-refractivity contribution is 5.93. The van der Waals surface area contributed by atoms with Gasteiger partial charge in [-0.1, -0.05) is 26.7 Å². The van der Waals surface area contributed by atoms with Crippen LogP contribution in [0.2, 0.25) is 0 Å². The van der Waals surface area contributed by atoms with Crippen LogP contribution in [0.3, 0.4) is 0 Å². The van der Waals surface area contributed by atoms with Crippen LogP contribution in [-0.4, -0.2) is 11.0 Å². The summed E-state index contributed by atoms with van der Waals surface area (Å²) in [6.45, 7) is 8.79. The first-order valence-electron chi connectivity index (χ1n) is 7.48. The van der Waals surface area contributed by atoms with Crippen LogP contribution in [0.25, 0.3) is 10.9 Å². The SMILES string of the molecule is CCC(CC)C(C)Nc1cc(C)nc2ccc(N)cc12. The Morgan fingerprint density at radius 1 is 1.20 bits per heavy atom. The quantitative estimate of drug-likeness (QED) is 0.794. The lowest BCUT2D eigenvalue weighted by molar-refractivity contribution is 0.438. The standard InChI is InChI=1S/C17H25N3/c1-5-13(6-2)12(4)20-17-9-11(3)19-16-8-7-14(18)10-15(16)17/h7-10,12-13H,5-6,18H2,1-4H3,(H,19,20). The zero-order valence-corrected chi connectivity index (χ0v) is 12.9. The van der Waals surface area contributed by atoms with E-state index in [9.17, 15) is 0 Å². The molecule has 0 aliphatic heterocycles. The predicted octanol–water partition coefficient (Wildman–Crippen LogP) is 4.36. The molecule has 0 amide bonds. The van der Waals surface area contributed by atoms with Gasteiger partial charge < -0.3 is 11.1 Å². The number of fused-ring (bicyclic) bond motifs is 1. The minimum atomic E-state index is 0.441. The van der Waals surface area contributed by atoms with Crippen LogP contribution in [0, 0.1) is 12.8 Å². The summed E-state index contributed by atoms with van der Waals surface area (Å²) in [5.41, 5.74) is 9.86. The topological polar surface area (TPSA) is 50.9 Å². The van der Waals surface area contributed by atoms with Crippen molar-refractivity contribution in [2.45, 2.75) is 46.6 Å². The molecule has 0 fully saturated rings. The molecule has 0 aliphatic carbocycles. The summed E-state index contributed by atoms with van der Waals surface area (Å²) in [5.74, 6) is 0.680. The molecule has 108 valence electrons. The van der Waals surface area contributed by atoms with Crippen molar-refractivity contribution in [1.29, 1.82) is 0 Å². The highest BCUT2D eigenvalue weighted by Gasteiger charge is 2.14. The van der Waals surface area contributed by atoms with E-state index in [0.717, 1.165) is 28.0 Å². The second-order valence-corrected chi connectivity index (χ2v) is 5.60. The van der Waals surface area contributed by atoms with E-state index in [4.69, 9.17) is 5.73 Å². The molecule has 3 nitrogen and oxygen atoms in total. The minimum absolute atomic E-state index is 0.441. The first kappa shape index (κ1) is 14.6. The molecule has 0 aliphatic rings. The molecule has 2 rings (SSSR count). The molecule has 1 heterocycles. The number of anilines is 2. The summed E-state index contributed by atoms with van der Waals surface area (Å²) in [5, 5.41) is 4.76. The highest BCUT2D eigenvalue weighted by atomic mass is 14.9. The van der Waals surface area contributed by atoms with Crippen molar-refractivity contribution in [2.24, 2.45) is 5.92 Å². The molecule has 0 bridgehead atoms. The first-order chi connectivity index (χ1) is 9.55. The zero-order chi connectivity index (χ0) is 14.7. The molecule has 0 radical (unpaired) electrons. The molecule has 0 saturated carbocycles. The van der Waals surface area contributed by atoms with E-state index >= 15 is 0 Å². The number of nitrogen functional groups attached to an aromatic ring is 1. The number of aromatic nitrogens is 1. The van der Waals surface area contributed by atoms with Crippen LogP contribution in [0.15, 0.2) is 24.3 Å². The summed E-state index contributed by atoms with van der Waals surface area (Å²) in [7, 11) is 0. The Bertz CT molecular complexity index is 588. The summed E-state index contributed by atoms with van der Waals surface area (Å²) >= 11 is 0. The van der Waals surface area contributed by atoms with Crippen molar-refractivity contribution < 1.29 is 0 Å². The average molecular weight is 271 g/mol. The van der Waals surface area contributed by atoms with Gasteiger partial charge in [0.05, 0.1) is 5.52 Å². The van der Waals surface area contributed by atoms with Gasteiger partial charge in [0.2, 0.25) is 0 Å². The van der Waals surface area contributed by atoms with Crippen molar-refractivity contribution in [3.63, 3.8) is 0 Å². The number of rotatable bonds is 5. The Morgan fingerprint density at radius 3 is 2.55 bits per heavy atom. The van der Waals surface area contributed by atoms with E-state index in [1.165, 1.54) is 12.8 Å². The van der Waals surface area contributed by atoms with Gasteiger partial charge in [0.1, 0.15) is 0 Å². The maximum absolute atomic E-state index is 5.92. The maximum atomic E-state index is 5.92. The molecular formula is C17H25N3. The monoisotopic (exact) mass is 271 g/mol. The highest BCUT2D eigenvalue weighted by Crippen LogP contribution is 2.27. The number of pyridine rings is 1. The van der Waals surface area contributed by atoms with Crippen LogP contribution in [0.5, 0.6) is 0 Å². The first-order valence-corrected chi connectivity index (χ1v) is 7.48. The molecule has 1 aromatic heterocycles. The normalized spacial score (nSPS) is 12.8. The minimum Gasteiger partial charge on any atom is -0.399 e. The van der Waals surface area contributed by atoms with E-state index < -0.39 is 0 Å². The van der Waals surface area contributed by atoms with Gasteiger partial charge in [-0.15, -0.1) is 0 Å². The smallest absolute Gasteiger partial charge is 0.0727 e. The van der Waals surface area contributed by atoms with Gasteiger partial charge >= 0.3 is 0 Å². The fourth-order valence-corrected chi connectivity index (χ4v) is 2.85. The lowest BCUT2D eigenvalue weighted by atomic mass is 9.95. The van der Waals surface area contributed by atoms with E-state index in [0.29, 0.717) is 12.0 Å². The maximum Gasteiger partial charge on any atom is 0.0727 e. The van der Waals surface area contributed by atoms with Crippen LogP contribution in [0.4, 0.5) is 11.4 Å². The Morgan fingerprint density at radius 2 is 1.90 bits per heavy atom. The molecule has 20 heavy (non-hydrogen) atoms. The Labute approximate surface area is 121 Å². The van der Waals surface area contributed by atoms with E-state index in [1.54, 1.807) is 0 Å². The van der Waals surface area contributed by atoms with Crippen molar-refractivity contribution in [3.8, 4) is 0 Å². The Balaban J connectivity index is 2.40. The molecule has 1 aromatic carbocycles. The second-order valence-electron chi connectivity index (χ2n) is 5.60. The van der Waals surface area contributed by atoms with Gasteiger partial charge in [-0.2, -0.15) is 0 Å². The van der Waals surface area contributed by atoms with E-state index in [2.05, 4.69) is 37.1 Å². The Hall–Kier alpha value is -1.77. The molecule has 2 aromatic rings. The number of hydrogen-bond donors (Lipinski definition) is 2. The number of nitrogens with one attached hydrogen (secondary N) is 1. The molecule has 3 heteroatoms. The summed E-state index contributed by atoms with van der Waals surface area (Å²) in [6.07, 6.45) is 2.38. The van der Waals surface area contributed by atoms with Crippen molar-refractivity contribution in [3.05, 3.63) is 30.0 Å². The van der Waals surface area contributed by atoms with Gasteiger partial charge in [0.25, 0.3) is 0 Å². The molecular weight excluding hydrogens is 246 g/mol. The Kier molecular flexibility index (Phi) is 4.48. The second kappa shape index (κ2) is 6.12. The van der Waals surface area contributed by atoms with E-state index in [1.807, 2.05) is 25.1 Å². The van der Waals surface area contributed by atoms with Crippen molar-refractivity contribution >= 4 is 22.3 Å². The fraction of sp³-hybridized carbons (Fsp3) is 0.471. The third kappa shape index (κ3) is 3.03. The third-order valence-electron chi connectivity index (χ3n) is 4.10. The number of benzene rings is 1. The fourth-order valence-electron chi connectivity index (χ4n) is 2.85. The largest absolute Gasteiger partial charge is 0.399 e. The van der Waals surface area contributed by atoms with Crippen LogP contribution >= 0.6 is 0 Å². The van der Waals surface area contributed by atoms with Crippen LogP contribution < -0.4 is 11.1 Å². The number of nitrogens with two attached hydrogens (primary N) is 1. The van der Waals surface area contributed by atoms with Crippen molar-refractivity contribution in [2.75, 3.05) is 11.1 Å². The van der Waals surface area contributed by atoms with Gasteiger partial charge in [-0.25, -0.2) is 0 Å². The summed E-state index contributed by atoms with van der Waals surface area (Å²) in [6, 6.07) is 8.45. The van der Waals surface area contributed by atoms with Crippen LogP contribution in [-0.2, 0) is 0 Å². The summed E-state index contributed by atoms with van der Waals surface area (Å²) in [4.78, 5) is 4.57. The van der Waals surface area contributed by atoms with E-state index in [-0.39, 0.29) is 0 Å². The van der Waals surface area contributed by atoms with Gasteiger partial charge in [-0.3, -0.25) is 4.98 Å². The van der Waals surface area contributed by atoms with Crippen molar-refractivity contribution in [1.82, 2.24) is 4.98 Å². The number of nitrogens with zero attached hydrogens (tertiary/aromatic N) is 1. The van der Waals surface area contributed by atoms with Gasteiger partial charge in [0.15, 0.2) is 0 Å². The van der Waals surface area contributed by atoms with Crippen LogP contribution in [0.1, 0.15) is 39.3 Å². The zero-order valence-electron chi connectivity index (χ0n) is 12.9. The third-order valence-corrected chi connectivity index (χ3v) is 4.10. The molecule has 1 atom stereocenters. The number of hydrogen-bond acceptors (Lipinski definition) is 3. The van der Waals surface area contributed by atoms with Gasteiger partial charge in [-0.05, 0) is 44.0 Å². The molecule has 3 N–H and O–H groups in total. The predicted molar refractivity (Wildman–Crippen MR) is 88.0 cm³/mol. The lowest BCUT2D eigenvalue weighted by Crippen LogP contribution is -2.25. The lowest BCUT2D eigenvalue weighted by Gasteiger charge is -2.24. The average Bonchev–Trinajstić information content (AvgIpc) is 2.41. The summed E-state index contributed by atoms with van der Waals surface area (Å²) < 4.78 is 0. The number of aryl methyl sites for hydroxylation is 1. The molecule has 1 unspecified atom stereocenters. The molecule has 0 spiro atoms. The molecule has 0 saturated heterocycles. The van der Waals surface area contributed by atoms with Gasteiger partial charge in [0, 0.05) is 28.5 Å².